The number of rotatable bonds is 7. The first kappa shape index (κ1) is 22.8. The van der Waals surface area contributed by atoms with Crippen LogP contribution < -0.4 is 9.83 Å². The summed E-state index contributed by atoms with van der Waals surface area (Å²) in [4.78, 5) is 20.1. The van der Waals surface area contributed by atoms with E-state index in [1.807, 2.05) is 6.07 Å². The van der Waals surface area contributed by atoms with Crippen molar-refractivity contribution in [2.45, 2.75) is 44.6 Å². The summed E-state index contributed by atoms with van der Waals surface area (Å²) in [5.74, 6) is 0. The Labute approximate surface area is 182 Å². The Hall–Kier alpha value is -2.91. The Morgan fingerprint density at radius 3 is 2.45 bits per heavy atom. The molecule has 1 aromatic carbocycles. The van der Waals surface area contributed by atoms with Crippen molar-refractivity contribution in [1.82, 2.24) is 19.6 Å². The molecule has 0 saturated carbocycles. The Kier molecular flexibility index (Phi) is 6.38. The van der Waals surface area contributed by atoms with E-state index < -0.39 is 21.7 Å². The van der Waals surface area contributed by atoms with Crippen LogP contribution in [0.25, 0.3) is 22.2 Å². The molecule has 0 unspecified atom stereocenters. The molecular weight excluding hydrogens is 416 g/mol. The van der Waals surface area contributed by atoms with Crippen LogP contribution in [0.4, 0.5) is 4.79 Å². The second kappa shape index (κ2) is 8.68. The molecule has 0 radical (unpaired) electrons. The number of carboxylic acid groups (broad SMARTS) is 1. The highest BCUT2D eigenvalue weighted by molar-refractivity contribution is 7.89. The molecule has 0 spiro atoms. The fourth-order valence-corrected chi connectivity index (χ4v) is 4.43. The third-order valence-corrected chi connectivity index (χ3v) is 6.58. The van der Waals surface area contributed by atoms with E-state index in [4.69, 9.17) is 0 Å². The van der Waals surface area contributed by atoms with Gasteiger partial charge in [-0.3, -0.25) is 0 Å². The van der Waals surface area contributed by atoms with Crippen LogP contribution in [0.15, 0.2) is 47.5 Å². The molecule has 0 fully saturated rings. The van der Waals surface area contributed by atoms with Crippen LogP contribution in [-0.2, 0) is 16.4 Å². The lowest BCUT2D eigenvalue weighted by Gasteiger charge is -2.37. The van der Waals surface area contributed by atoms with Crippen LogP contribution >= 0.6 is 0 Å². The molecule has 0 atom stereocenters. The first-order valence-electron chi connectivity index (χ1n) is 10.1. The van der Waals surface area contributed by atoms with E-state index in [1.54, 1.807) is 39.1 Å². The maximum absolute atomic E-state index is 12.6. The fraction of sp³-hybridized carbons (Fsp3) is 0.364. The third-order valence-electron chi connectivity index (χ3n) is 5.10. The van der Waals surface area contributed by atoms with Crippen LogP contribution in [-0.4, -0.2) is 48.0 Å². The summed E-state index contributed by atoms with van der Waals surface area (Å²) in [7, 11) is -3.78. The number of pyridine rings is 1. The van der Waals surface area contributed by atoms with E-state index in [2.05, 4.69) is 27.7 Å². The van der Waals surface area contributed by atoms with Crippen LogP contribution in [0.1, 0.15) is 33.4 Å². The third kappa shape index (κ3) is 5.05. The zero-order valence-corrected chi connectivity index (χ0v) is 18.9. The lowest BCUT2D eigenvalue weighted by atomic mass is 10.0. The molecule has 2 heterocycles. The molecule has 0 aliphatic carbocycles. The summed E-state index contributed by atoms with van der Waals surface area (Å²) in [6.45, 7) is 7.17. The van der Waals surface area contributed by atoms with Crippen LogP contribution in [0.5, 0.6) is 0 Å². The van der Waals surface area contributed by atoms with Crippen molar-refractivity contribution in [3.05, 3.63) is 48.3 Å². The zero-order valence-electron chi connectivity index (χ0n) is 18.1. The highest BCUT2D eigenvalue weighted by Gasteiger charge is 2.22. The predicted octanol–water partition coefficient (Wildman–Crippen LogP) is 2.51. The van der Waals surface area contributed by atoms with Gasteiger partial charge in [-0.25, -0.2) is 18.1 Å². The van der Waals surface area contributed by atoms with Gasteiger partial charge in [0.2, 0.25) is 10.0 Å². The van der Waals surface area contributed by atoms with Gasteiger partial charge in [-0.2, -0.15) is 0 Å². The van der Waals surface area contributed by atoms with Crippen LogP contribution in [0.3, 0.4) is 0 Å². The summed E-state index contributed by atoms with van der Waals surface area (Å²) in [6.07, 6.45) is 1.25. The number of amides is 1. The van der Waals surface area contributed by atoms with Crippen molar-refractivity contribution in [2.24, 2.45) is 0 Å². The van der Waals surface area contributed by atoms with Gasteiger partial charge in [0, 0.05) is 35.9 Å². The second-order valence-electron chi connectivity index (χ2n) is 8.28. The molecule has 3 rings (SSSR count). The number of nitrogens with one attached hydrogen (secondary N) is 2. The molecule has 31 heavy (non-hydrogen) atoms. The quantitative estimate of drug-likeness (QED) is 0.582. The van der Waals surface area contributed by atoms with Crippen molar-refractivity contribution < 1.29 is 18.3 Å². The van der Waals surface area contributed by atoms with Gasteiger partial charge in [0.1, 0.15) is 11.7 Å². The van der Waals surface area contributed by atoms with Crippen LogP contribution in [0.2, 0.25) is 0 Å². The van der Waals surface area contributed by atoms with Gasteiger partial charge in [-0.1, -0.05) is 19.1 Å². The topological polar surface area (TPSA) is 118 Å². The maximum Gasteiger partial charge on any atom is 0.240 e. The number of sulfonamides is 1. The van der Waals surface area contributed by atoms with Crippen molar-refractivity contribution in [2.75, 3.05) is 13.1 Å². The van der Waals surface area contributed by atoms with E-state index in [9.17, 15) is 18.3 Å². The molecule has 166 valence electrons. The van der Waals surface area contributed by atoms with Gasteiger partial charge in [0.05, 0.1) is 4.90 Å². The molecule has 2 N–H and O–H groups in total. The number of carbonyl (C=O) groups is 1. The van der Waals surface area contributed by atoms with Crippen molar-refractivity contribution >= 4 is 27.1 Å². The number of aryl methyl sites for hydroxylation is 1. The number of aromatic nitrogens is 2. The molecule has 3 aromatic rings. The van der Waals surface area contributed by atoms with Crippen molar-refractivity contribution in [3.8, 4) is 11.1 Å². The number of fused-ring (bicyclic) bond motifs is 1. The number of hydrogen-bond acceptors (Lipinski definition) is 5. The highest BCUT2D eigenvalue weighted by Crippen LogP contribution is 2.29. The van der Waals surface area contributed by atoms with Crippen molar-refractivity contribution in [3.63, 3.8) is 0 Å². The van der Waals surface area contributed by atoms with Gasteiger partial charge < -0.3 is 19.8 Å². The first-order valence-corrected chi connectivity index (χ1v) is 11.6. The minimum absolute atomic E-state index is 0.00854. The summed E-state index contributed by atoms with van der Waals surface area (Å²) in [5.41, 5.74) is 3.04. The normalized spacial score (nSPS) is 12.3. The van der Waals surface area contributed by atoms with Gasteiger partial charge in [-0.15, -0.1) is 0 Å². The number of H-pyrrole nitrogens is 1. The smallest absolute Gasteiger partial charge is 0.240 e. The molecule has 8 nitrogen and oxygen atoms in total. The Morgan fingerprint density at radius 2 is 1.87 bits per heavy atom. The van der Waals surface area contributed by atoms with E-state index >= 15 is 0 Å². The Balaban J connectivity index is 1.76. The molecule has 2 aromatic heterocycles. The average molecular weight is 444 g/mol. The molecule has 0 saturated heterocycles. The van der Waals surface area contributed by atoms with E-state index in [0.29, 0.717) is 0 Å². The molecule has 0 aliphatic rings. The largest absolute Gasteiger partial charge is 0.530 e. The number of nitrogens with zero attached hydrogens (tertiary/aromatic N) is 2. The number of benzene rings is 1. The fourth-order valence-electron chi connectivity index (χ4n) is 3.41. The van der Waals surface area contributed by atoms with Gasteiger partial charge in [-0.05, 0) is 62.6 Å². The molecular formula is C22H27N4O4S-. The average Bonchev–Trinajstić information content (AvgIpc) is 3.13. The number of hydrogen-bond donors (Lipinski definition) is 2. The van der Waals surface area contributed by atoms with E-state index in [0.717, 1.165) is 39.2 Å². The first-order chi connectivity index (χ1) is 14.5. The highest BCUT2D eigenvalue weighted by atomic mass is 32.2. The summed E-state index contributed by atoms with van der Waals surface area (Å²) >= 11 is 0. The summed E-state index contributed by atoms with van der Waals surface area (Å²) in [6, 6.07) is 10.5. The lowest BCUT2D eigenvalue weighted by Crippen LogP contribution is -2.53. The minimum Gasteiger partial charge on any atom is -0.530 e. The van der Waals surface area contributed by atoms with Gasteiger partial charge in [0.25, 0.3) is 0 Å². The molecule has 0 bridgehead atoms. The number of aromatic amines is 1. The Bertz CT molecular complexity index is 1180. The molecule has 1 amide bonds. The second-order valence-corrected chi connectivity index (χ2v) is 10.0. The minimum atomic E-state index is -3.78. The van der Waals surface area contributed by atoms with E-state index in [1.165, 1.54) is 12.1 Å². The summed E-state index contributed by atoms with van der Waals surface area (Å²) < 4.78 is 27.7. The monoisotopic (exact) mass is 443 g/mol. The number of carbonyl (C=O) groups excluding carboxylic acids is 1. The Morgan fingerprint density at radius 1 is 1.19 bits per heavy atom. The summed E-state index contributed by atoms with van der Waals surface area (Å²) in [5, 5.41) is 12.3. The molecule has 0 aliphatic heterocycles. The molecule has 9 heteroatoms. The lowest BCUT2D eigenvalue weighted by molar-refractivity contribution is -0.270. The van der Waals surface area contributed by atoms with E-state index in [-0.39, 0.29) is 18.0 Å². The standard InChI is InChI=1S/C22H28N4O4S/c1-5-16-14-19-18(10-11-23-20(19)25-16)15-6-8-17(9-7-15)31(29,30)24-12-13-26(21(27)28)22(2,3)4/h6-11,14,24H,5,12-13H2,1-4H3,(H,23,25)(H,27,28)/p-1. The predicted molar refractivity (Wildman–Crippen MR) is 118 cm³/mol. The maximum atomic E-state index is 12.6. The zero-order chi connectivity index (χ0) is 22.8. The van der Waals surface area contributed by atoms with Gasteiger partial charge in [0.15, 0.2) is 0 Å². The van der Waals surface area contributed by atoms with Crippen molar-refractivity contribution in [1.29, 1.82) is 0 Å². The van der Waals surface area contributed by atoms with Gasteiger partial charge >= 0.3 is 0 Å². The van der Waals surface area contributed by atoms with Crippen LogP contribution in [0, 0.1) is 0 Å². The SMILES string of the molecule is CCc1cc2c(-c3ccc(S(=O)(=O)NCCN(C(=O)[O-])C(C)(C)C)cc3)ccnc2[nH]1.